The lowest BCUT2D eigenvalue weighted by atomic mass is 10.3. The molecule has 1 aliphatic carbocycles. The van der Waals surface area contributed by atoms with Gasteiger partial charge in [0.25, 0.3) is 0 Å². The lowest BCUT2D eigenvalue weighted by Crippen LogP contribution is -2.38. The number of carboxylic acid groups (broad SMARTS) is 1. The topological polar surface area (TPSA) is 97.5 Å². The van der Waals surface area contributed by atoms with Crippen LogP contribution in [-0.2, 0) is 14.6 Å². The molecule has 2 rings (SSSR count). The molecular weight excluding hydrogens is 230 g/mol. The summed E-state index contributed by atoms with van der Waals surface area (Å²) in [6, 6.07) is 7.76. The molecule has 16 heavy (non-hydrogen) atoms. The number of carbonyl (C=O) groups is 1. The molecule has 0 heterocycles. The molecule has 2 atom stereocenters. The maximum absolute atomic E-state index is 12.0. The van der Waals surface area contributed by atoms with Crippen LogP contribution in [0.4, 0.5) is 0 Å². The molecule has 0 saturated heterocycles. The third-order valence-corrected chi connectivity index (χ3v) is 5.05. The largest absolute Gasteiger partial charge is 0.480 e. The number of benzene rings is 1. The Bertz CT molecular complexity index is 525. The van der Waals surface area contributed by atoms with Gasteiger partial charge in [-0.15, -0.1) is 0 Å². The Morgan fingerprint density at radius 3 is 2.38 bits per heavy atom. The quantitative estimate of drug-likeness (QED) is 0.777. The molecule has 6 heteroatoms. The van der Waals surface area contributed by atoms with Gasteiger partial charge in [-0.1, -0.05) is 18.2 Å². The van der Waals surface area contributed by atoms with Crippen molar-refractivity contribution in [1.82, 2.24) is 0 Å². The fraction of sp³-hybridized carbons (Fsp3) is 0.300. The van der Waals surface area contributed by atoms with Crippen LogP contribution in [0.5, 0.6) is 0 Å². The summed E-state index contributed by atoms with van der Waals surface area (Å²) in [5, 5.41) is 7.79. The molecule has 1 saturated carbocycles. The Hall–Kier alpha value is -1.40. The van der Waals surface area contributed by atoms with E-state index in [2.05, 4.69) is 0 Å². The summed E-state index contributed by atoms with van der Waals surface area (Å²) in [5.41, 5.74) is 3.86. The normalized spacial score (nSPS) is 28.7. The van der Waals surface area contributed by atoms with Crippen LogP contribution < -0.4 is 5.73 Å². The molecule has 86 valence electrons. The van der Waals surface area contributed by atoms with Crippen molar-refractivity contribution in [1.29, 1.82) is 0 Å². The van der Waals surface area contributed by atoms with Crippen LogP contribution in [-0.4, -0.2) is 30.3 Å². The summed E-state index contributed by atoms with van der Waals surface area (Å²) < 4.78 is 23.9. The second-order valence-electron chi connectivity index (χ2n) is 3.90. The van der Waals surface area contributed by atoms with Gasteiger partial charge in [-0.2, -0.15) is 0 Å². The van der Waals surface area contributed by atoms with E-state index in [4.69, 9.17) is 10.8 Å². The smallest absolute Gasteiger partial charge is 0.325 e. The van der Waals surface area contributed by atoms with E-state index in [1.807, 2.05) is 0 Å². The highest BCUT2D eigenvalue weighted by molar-refractivity contribution is 7.92. The number of sulfone groups is 1. The molecule has 1 aliphatic rings. The molecule has 0 unspecified atom stereocenters. The summed E-state index contributed by atoms with van der Waals surface area (Å²) in [6.45, 7) is 0. The molecule has 1 fully saturated rings. The third kappa shape index (κ3) is 1.50. The zero-order chi connectivity index (χ0) is 12.0. The van der Waals surface area contributed by atoms with E-state index in [1.54, 1.807) is 18.2 Å². The maximum atomic E-state index is 12.0. The number of nitrogens with two attached hydrogens (primary N) is 1. The highest BCUT2D eigenvalue weighted by Crippen LogP contribution is 2.42. The number of hydrogen-bond donors (Lipinski definition) is 2. The average Bonchev–Trinajstić information content (AvgIpc) is 2.95. The van der Waals surface area contributed by atoms with Gasteiger partial charge >= 0.3 is 5.97 Å². The van der Waals surface area contributed by atoms with Gasteiger partial charge < -0.3 is 10.8 Å². The van der Waals surface area contributed by atoms with E-state index in [9.17, 15) is 13.2 Å². The van der Waals surface area contributed by atoms with Gasteiger partial charge in [0.15, 0.2) is 9.84 Å². The minimum absolute atomic E-state index is 0.0282. The highest BCUT2D eigenvalue weighted by Gasteiger charge is 2.64. The van der Waals surface area contributed by atoms with E-state index >= 15 is 0 Å². The van der Waals surface area contributed by atoms with Crippen molar-refractivity contribution in [3.8, 4) is 0 Å². The van der Waals surface area contributed by atoms with Gasteiger partial charge in [0.05, 0.1) is 10.1 Å². The van der Waals surface area contributed by atoms with Gasteiger partial charge in [-0.05, 0) is 18.6 Å². The lowest BCUT2D eigenvalue weighted by Gasteiger charge is -2.06. The van der Waals surface area contributed by atoms with E-state index in [0.29, 0.717) is 0 Å². The van der Waals surface area contributed by atoms with Crippen molar-refractivity contribution in [2.75, 3.05) is 0 Å². The zero-order valence-corrected chi connectivity index (χ0v) is 9.15. The first kappa shape index (κ1) is 11.1. The SMILES string of the molecule is N[C@@]1(C(=O)O)C[C@@H]1S(=O)(=O)c1ccccc1. The van der Waals surface area contributed by atoms with E-state index in [0.717, 1.165) is 0 Å². The zero-order valence-electron chi connectivity index (χ0n) is 8.33. The summed E-state index contributed by atoms with van der Waals surface area (Å²) in [6.07, 6.45) is -0.0282. The number of rotatable bonds is 3. The van der Waals surface area contributed by atoms with Gasteiger partial charge in [-0.3, -0.25) is 4.79 Å². The molecule has 3 N–H and O–H groups in total. The molecular formula is C10H11NO4S. The van der Waals surface area contributed by atoms with Crippen molar-refractivity contribution >= 4 is 15.8 Å². The van der Waals surface area contributed by atoms with Crippen molar-refractivity contribution in [2.45, 2.75) is 22.1 Å². The van der Waals surface area contributed by atoms with Crippen LogP contribution in [0.1, 0.15) is 6.42 Å². The summed E-state index contributed by atoms with van der Waals surface area (Å²) in [5.74, 6) is -1.27. The molecule has 1 aromatic rings. The Balaban J connectivity index is 2.35. The Labute approximate surface area is 92.8 Å². The minimum Gasteiger partial charge on any atom is -0.480 e. The van der Waals surface area contributed by atoms with Gasteiger partial charge in [0.1, 0.15) is 5.54 Å². The van der Waals surface area contributed by atoms with Crippen molar-refractivity contribution in [2.24, 2.45) is 5.73 Å². The Morgan fingerprint density at radius 2 is 1.94 bits per heavy atom. The number of aliphatic carboxylic acids is 1. The van der Waals surface area contributed by atoms with Crippen LogP contribution in [0, 0.1) is 0 Å². The van der Waals surface area contributed by atoms with E-state index < -0.39 is 26.6 Å². The fourth-order valence-electron chi connectivity index (χ4n) is 1.63. The predicted octanol–water partition coefficient (Wildman–Crippen LogP) is 0.0147. The first-order chi connectivity index (χ1) is 7.39. The average molecular weight is 241 g/mol. The van der Waals surface area contributed by atoms with Crippen molar-refractivity contribution in [3.05, 3.63) is 30.3 Å². The standard InChI is InChI=1S/C10H11NO4S/c11-10(9(12)13)6-8(10)16(14,15)7-4-2-1-3-5-7/h1-5,8H,6,11H2,(H,12,13)/t8-,10-/m0/s1. The molecule has 0 bridgehead atoms. The Kier molecular flexibility index (Phi) is 2.28. The Morgan fingerprint density at radius 1 is 1.38 bits per heavy atom. The van der Waals surface area contributed by atoms with Gasteiger partial charge in [0.2, 0.25) is 0 Å². The minimum atomic E-state index is -3.62. The van der Waals surface area contributed by atoms with Crippen molar-refractivity contribution in [3.63, 3.8) is 0 Å². The molecule has 0 amide bonds. The van der Waals surface area contributed by atoms with Crippen molar-refractivity contribution < 1.29 is 18.3 Å². The van der Waals surface area contributed by atoms with Gasteiger partial charge in [0, 0.05) is 0 Å². The molecule has 0 aromatic heterocycles. The molecule has 0 aliphatic heterocycles. The highest BCUT2D eigenvalue weighted by atomic mass is 32.2. The first-order valence-corrected chi connectivity index (χ1v) is 6.25. The molecule has 1 aromatic carbocycles. The first-order valence-electron chi connectivity index (χ1n) is 4.70. The van der Waals surface area contributed by atoms with Crippen LogP contribution >= 0.6 is 0 Å². The molecule has 0 radical (unpaired) electrons. The van der Waals surface area contributed by atoms with E-state index in [-0.39, 0.29) is 11.3 Å². The fourth-order valence-corrected chi connectivity index (χ4v) is 3.65. The van der Waals surface area contributed by atoms with Crippen LogP contribution in [0.25, 0.3) is 0 Å². The number of hydrogen-bond acceptors (Lipinski definition) is 4. The van der Waals surface area contributed by atoms with Crippen LogP contribution in [0.2, 0.25) is 0 Å². The monoisotopic (exact) mass is 241 g/mol. The summed E-state index contributed by atoms with van der Waals surface area (Å²) in [4.78, 5) is 10.9. The van der Waals surface area contributed by atoms with Crippen LogP contribution in [0.15, 0.2) is 35.2 Å². The molecule has 0 spiro atoms. The summed E-state index contributed by atoms with van der Waals surface area (Å²) in [7, 11) is -3.62. The molecule has 5 nitrogen and oxygen atoms in total. The van der Waals surface area contributed by atoms with Gasteiger partial charge in [-0.25, -0.2) is 8.42 Å². The van der Waals surface area contributed by atoms with E-state index in [1.165, 1.54) is 12.1 Å². The lowest BCUT2D eigenvalue weighted by molar-refractivity contribution is -0.139. The maximum Gasteiger partial charge on any atom is 0.325 e. The third-order valence-electron chi connectivity index (χ3n) is 2.78. The van der Waals surface area contributed by atoms with Crippen LogP contribution in [0.3, 0.4) is 0 Å². The number of carboxylic acids is 1. The predicted molar refractivity (Wildman–Crippen MR) is 56.6 cm³/mol. The second kappa shape index (κ2) is 3.29. The summed E-state index contributed by atoms with van der Waals surface area (Å²) >= 11 is 0. The second-order valence-corrected chi connectivity index (χ2v) is 6.03.